The standard InChI is InChI=1S/C16H14ClNO2S/c17-13-9-11(2-4-16(19)20)1-3-14(13)18-7-5-15-12(10-18)6-8-21-15/h1-4,6,8-9H,5,7,10H2,(H,19,20)/b4-2+. The predicted molar refractivity (Wildman–Crippen MR) is 87.2 cm³/mol. The van der Waals surface area contributed by atoms with Gasteiger partial charge >= 0.3 is 5.97 Å². The molecule has 1 N–H and O–H groups in total. The molecule has 3 nitrogen and oxygen atoms in total. The van der Waals surface area contributed by atoms with Crippen LogP contribution in [0.5, 0.6) is 0 Å². The van der Waals surface area contributed by atoms with Gasteiger partial charge < -0.3 is 10.0 Å². The minimum atomic E-state index is -0.962. The lowest BCUT2D eigenvalue weighted by Gasteiger charge is -2.29. The van der Waals surface area contributed by atoms with Crippen molar-refractivity contribution in [1.29, 1.82) is 0 Å². The van der Waals surface area contributed by atoms with Crippen LogP contribution in [0.1, 0.15) is 16.0 Å². The average Bonchev–Trinajstić information content (AvgIpc) is 2.92. The Bertz CT molecular complexity index is 708. The second-order valence-electron chi connectivity index (χ2n) is 4.92. The first-order chi connectivity index (χ1) is 10.1. The van der Waals surface area contributed by atoms with Crippen LogP contribution in [0.4, 0.5) is 5.69 Å². The fraction of sp³-hybridized carbons (Fsp3) is 0.188. The van der Waals surface area contributed by atoms with Crippen molar-refractivity contribution in [3.05, 3.63) is 56.7 Å². The van der Waals surface area contributed by atoms with Crippen LogP contribution in [0.25, 0.3) is 6.08 Å². The van der Waals surface area contributed by atoms with Crippen LogP contribution in [0.2, 0.25) is 5.02 Å². The quantitative estimate of drug-likeness (QED) is 0.867. The predicted octanol–water partition coefficient (Wildman–Crippen LogP) is 4.06. The van der Waals surface area contributed by atoms with E-state index >= 15 is 0 Å². The maximum atomic E-state index is 10.5. The number of anilines is 1. The minimum absolute atomic E-state index is 0.654. The van der Waals surface area contributed by atoms with Gasteiger partial charge in [0.25, 0.3) is 0 Å². The summed E-state index contributed by atoms with van der Waals surface area (Å²) in [6.45, 7) is 1.83. The Labute approximate surface area is 132 Å². The number of carbonyl (C=O) groups is 1. The van der Waals surface area contributed by atoms with E-state index < -0.39 is 5.97 Å². The smallest absolute Gasteiger partial charge is 0.328 e. The van der Waals surface area contributed by atoms with Crippen LogP contribution >= 0.6 is 22.9 Å². The van der Waals surface area contributed by atoms with E-state index in [0.717, 1.165) is 36.8 Å². The Balaban J connectivity index is 1.82. The number of rotatable bonds is 3. The Morgan fingerprint density at radius 3 is 3.00 bits per heavy atom. The SMILES string of the molecule is O=C(O)/C=C/c1ccc(N2CCc3sccc3C2)c(Cl)c1. The molecule has 3 rings (SSSR count). The molecule has 0 radical (unpaired) electrons. The van der Waals surface area contributed by atoms with Gasteiger partial charge in [-0.2, -0.15) is 0 Å². The highest BCUT2D eigenvalue weighted by Gasteiger charge is 2.19. The lowest BCUT2D eigenvalue weighted by Crippen LogP contribution is -2.29. The summed E-state index contributed by atoms with van der Waals surface area (Å²) in [5, 5.41) is 11.4. The van der Waals surface area contributed by atoms with Crippen LogP contribution < -0.4 is 4.90 Å². The first-order valence-electron chi connectivity index (χ1n) is 6.64. The third-order valence-corrected chi connectivity index (χ3v) is 4.86. The lowest BCUT2D eigenvalue weighted by molar-refractivity contribution is -0.131. The summed E-state index contributed by atoms with van der Waals surface area (Å²) in [6, 6.07) is 7.83. The number of hydrogen-bond donors (Lipinski definition) is 1. The van der Waals surface area contributed by atoms with Gasteiger partial charge in [-0.3, -0.25) is 0 Å². The molecule has 0 atom stereocenters. The summed E-state index contributed by atoms with van der Waals surface area (Å²) >= 11 is 8.17. The molecule has 0 fully saturated rings. The van der Waals surface area contributed by atoms with Crippen molar-refractivity contribution in [2.45, 2.75) is 13.0 Å². The van der Waals surface area contributed by atoms with Gasteiger partial charge in [-0.1, -0.05) is 17.7 Å². The molecule has 0 aliphatic carbocycles. The maximum Gasteiger partial charge on any atom is 0.328 e. The fourth-order valence-electron chi connectivity index (χ4n) is 2.50. The van der Waals surface area contributed by atoms with E-state index in [2.05, 4.69) is 16.3 Å². The molecular formula is C16H14ClNO2S. The van der Waals surface area contributed by atoms with E-state index in [-0.39, 0.29) is 0 Å². The fourth-order valence-corrected chi connectivity index (χ4v) is 3.70. The van der Waals surface area contributed by atoms with Gasteiger partial charge in [0, 0.05) is 24.0 Å². The van der Waals surface area contributed by atoms with E-state index in [0.29, 0.717) is 5.02 Å². The average molecular weight is 320 g/mol. The summed E-state index contributed by atoms with van der Waals surface area (Å²) in [7, 11) is 0. The third kappa shape index (κ3) is 3.12. The molecular weight excluding hydrogens is 306 g/mol. The number of fused-ring (bicyclic) bond motifs is 1. The van der Waals surface area contributed by atoms with Crippen molar-refractivity contribution in [2.24, 2.45) is 0 Å². The molecule has 1 aliphatic rings. The molecule has 0 saturated carbocycles. The summed E-state index contributed by atoms with van der Waals surface area (Å²) < 4.78 is 0. The summed E-state index contributed by atoms with van der Waals surface area (Å²) in [6.07, 6.45) is 3.71. The zero-order valence-corrected chi connectivity index (χ0v) is 12.8. The van der Waals surface area contributed by atoms with Gasteiger partial charge in [-0.25, -0.2) is 4.79 Å². The van der Waals surface area contributed by atoms with Gasteiger partial charge in [0.2, 0.25) is 0 Å². The molecule has 0 spiro atoms. The van der Waals surface area contributed by atoms with Crippen molar-refractivity contribution >= 4 is 40.7 Å². The molecule has 2 heterocycles. The van der Waals surface area contributed by atoms with Crippen molar-refractivity contribution in [3.63, 3.8) is 0 Å². The topological polar surface area (TPSA) is 40.5 Å². The second kappa shape index (κ2) is 5.92. The normalized spacial score (nSPS) is 14.4. The van der Waals surface area contributed by atoms with E-state index in [1.165, 1.54) is 10.4 Å². The van der Waals surface area contributed by atoms with E-state index in [9.17, 15) is 4.79 Å². The number of thiophene rings is 1. The first kappa shape index (κ1) is 14.2. The Hall–Kier alpha value is -1.78. The van der Waals surface area contributed by atoms with E-state index in [1.807, 2.05) is 23.5 Å². The molecule has 1 aromatic heterocycles. The van der Waals surface area contributed by atoms with Gasteiger partial charge in [0.05, 0.1) is 10.7 Å². The molecule has 108 valence electrons. The van der Waals surface area contributed by atoms with Gasteiger partial charge in [-0.15, -0.1) is 11.3 Å². The van der Waals surface area contributed by atoms with Crippen LogP contribution in [-0.4, -0.2) is 17.6 Å². The first-order valence-corrected chi connectivity index (χ1v) is 7.90. The van der Waals surface area contributed by atoms with Crippen molar-refractivity contribution in [2.75, 3.05) is 11.4 Å². The monoisotopic (exact) mass is 319 g/mol. The van der Waals surface area contributed by atoms with Crippen LogP contribution in [-0.2, 0) is 17.8 Å². The van der Waals surface area contributed by atoms with Crippen molar-refractivity contribution < 1.29 is 9.90 Å². The number of benzene rings is 1. The Morgan fingerprint density at radius 1 is 1.38 bits per heavy atom. The summed E-state index contributed by atoms with van der Waals surface area (Å²) in [4.78, 5) is 14.3. The number of hydrogen-bond acceptors (Lipinski definition) is 3. The van der Waals surface area contributed by atoms with Crippen LogP contribution in [0.3, 0.4) is 0 Å². The maximum absolute atomic E-state index is 10.5. The zero-order valence-electron chi connectivity index (χ0n) is 11.3. The Morgan fingerprint density at radius 2 is 2.24 bits per heavy atom. The van der Waals surface area contributed by atoms with Crippen LogP contribution in [0.15, 0.2) is 35.7 Å². The molecule has 0 saturated heterocycles. The summed E-state index contributed by atoms with van der Waals surface area (Å²) in [5.74, 6) is -0.962. The molecule has 5 heteroatoms. The third-order valence-electron chi connectivity index (χ3n) is 3.54. The number of carboxylic acids is 1. The van der Waals surface area contributed by atoms with Crippen LogP contribution in [0, 0.1) is 0 Å². The largest absolute Gasteiger partial charge is 0.478 e. The van der Waals surface area contributed by atoms with Crippen molar-refractivity contribution in [1.82, 2.24) is 0 Å². The number of aliphatic carboxylic acids is 1. The molecule has 1 aromatic carbocycles. The zero-order chi connectivity index (χ0) is 14.8. The van der Waals surface area contributed by atoms with E-state index in [1.54, 1.807) is 12.1 Å². The van der Waals surface area contributed by atoms with Gasteiger partial charge in [-0.05, 0) is 47.2 Å². The van der Waals surface area contributed by atoms with Gasteiger partial charge in [0.15, 0.2) is 0 Å². The molecule has 0 amide bonds. The molecule has 1 aliphatic heterocycles. The minimum Gasteiger partial charge on any atom is -0.478 e. The molecule has 2 aromatic rings. The molecule has 0 bridgehead atoms. The number of carboxylic acid groups (broad SMARTS) is 1. The highest BCUT2D eigenvalue weighted by molar-refractivity contribution is 7.10. The summed E-state index contributed by atoms with van der Waals surface area (Å²) in [5.41, 5.74) is 3.16. The van der Waals surface area contributed by atoms with Gasteiger partial charge in [0.1, 0.15) is 0 Å². The highest BCUT2D eigenvalue weighted by Crippen LogP contribution is 2.32. The highest BCUT2D eigenvalue weighted by atomic mass is 35.5. The Kier molecular flexibility index (Phi) is 3.99. The van der Waals surface area contributed by atoms with Crippen molar-refractivity contribution in [3.8, 4) is 0 Å². The van der Waals surface area contributed by atoms with E-state index in [4.69, 9.17) is 16.7 Å². The molecule has 0 unspecified atom stereocenters. The lowest BCUT2D eigenvalue weighted by atomic mass is 10.1. The number of nitrogens with zero attached hydrogens (tertiary/aromatic N) is 1. The molecule has 21 heavy (non-hydrogen) atoms. The number of halogens is 1. The second-order valence-corrected chi connectivity index (χ2v) is 6.33.